The third-order valence-corrected chi connectivity index (χ3v) is 3.68. The molecular weight excluding hydrogens is 335 g/mol. The van der Waals surface area contributed by atoms with Crippen molar-refractivity contribution >= 4 is 35.4 Å². The molecule has 116 valence electrons. The zero-order valence-corrected chi connectivity index (χ0v) is 13.7. The number of nitrogens with zero attached hydrogens (tertiary/aromatic N) is 2. The monoisotopic (exact) mass is 346 g/mol. The number of rotatable bonds is 4. The number of hydrogen-bond acceptors (Lipinski definition) is 4. The first kappa shape index (κ1) is 15.6. The molecule has 0 amide bonds. The highest BCUT2D eigenvalue weighted by Gasteiger charge is 2.11. The Morgan fingerprint density at radius 2 is 1.78 bits per heavy atom. The second-order valence-electron chi connectivity index (χ2n) is 4.68. The van der Waals surface area contributed by atoms with Crippen LogP contribution in [0.3, 0.4) is 0 Å². The van der Waals surface area contributed by atoms with Crippen molar-refractivity contribution in [2.24, 2.45) is 0 Å². The normalized spacial score (nSPS) is 11.1. The maximum absolute atomic E-state index is 6.13. The molecule has 23 heavy (non-hydrogen) atoms. The summed E-state index contributed by atoms with van der Waals surface area (Å²) in [6, 6.07) is 12.7. The van der Waals surface area contributed by atoms with E-state index in [1.807, 2.05) is 30.3 Å². The molecular formula is C17H12Cl2N2O2. The first-order valence-corrected chi connectivity index (χ1v) is 7.52. The first-order chi connectivity index (χ1) is 11.2. The molecule has 0 bridgehead atoms. The SMILES string of the molecule is COc1ccc(C=Cc2nnc(-c3ccc(Cl)cc3Cl)o2)cc1. The van der Waals surface area contributed by atoms with Crippen molar-refractivity contribution in [1.29, 1.82) is 0 Å². The molecule has 0 aliphatic heterocycles. The van der Waals surface area contributed by atoms with Crippen molar-refractivity contribution in [2.75, 3.05) is 7.11 Å². The maximum atomic E-state index is 6.13. The lowest BCUT2D eigenvalue weighted by atomic mass is 10.2. The molecule has 0 unspecified atom stereocenters. The van der Waals surface area contributed by atoms with Crippen LogP contribution in [-0.2, 0) is 0 Å². The zero-order valence-electron chi connectivity index (χ0n) is 12.2. The fourth-order valence-corrected chi connectivity index (χ4v) is 2.45. The molecule has 1 aromatic heterocycles. The third-order valence-electron chi connectivity index (χ3n) is 3.14. The quantitative estimate of drug-likeness (QED) is 0.649. The van der Waals surface area contributed by atoms with Crippen LogP contribution in [0.15, 0.2) is 46.9 Å². The van der Waals surface area contributed by atoms with Gasteiger partial charge in [-0.2, -0.15) is 0 Å². The van der Waals surface area contributed by atoms with Gasteiger partial charge < -0.3 is 9.15 Å². The summed E-state index contributed by atoms with van der Waals surface area (Å²) in [5.74, 6) is 1.54. The predicted octanol–water partition coefficient (Wildman–Crippen LogP) is 5.22. The van der Waals surface area contributed by atoms with Gasteiger partial charge in [0.15, 0.2) is 0 Å². The van der Waals surface area contributed by atoms with E-state index in [1.165, 1.54) is 0 Å². The lowest BCUT2D eigenvalue weighted by Gasteiger charge is -1.99. The molecule has 1 heterocycles. The standard InChI is InChI=1S/C17H12Cl2N2O2/c1-22-13-6-2-11(3-7-13)4-9-16-20-21-17(23-16)14-8-5-12(18)10-15(14)19/h2-10H,1H3. The van der Waals surface area contributed by atoms with E-state index in [9.17, 15) is 0 Å². The largest absolute Gasteiger partial charge is 0.497 e. The van der Waals surface area contributed by atoms with Crippen molar-refractivity contribution < 1.29 is 9.15 Å². The molecule has 0 radical (unpaired) electrons. The summed E-state index contributed by atoms with van der Waals surface area (Å²) >= 11 is 12.0. The molecule has 6 heteroatoms. The Labute approximate surface area is 143 Å². The molecule has 0 saturated heterocycles. The minimum absolute atomic E-state index is 0.348. The van der Waals surface area contributed by atoms with E-state index in [1.54, 1.807) is 31.4 Å². The maximum Gasteiger partial charge on any atom is 0.249 e. The molecule has 0 atom stereocenters. The fraction of sp³-hybridized carbons (Fsp3) is 0.0588. The summed E-state index contributed by atoms with van der Waals surface area (Å²) in [4.78, 5) is 0. The lowest BCUT2D eigenvalue weighted by molar-refractivity contribution is 0.415. The zero-order chi connectivity index (χ0) is 16.2. The Bertz CT molecular complexity index is 842. The minimum Gasteiger partial charge on any atom is -0.497 e. The third kappa shape index (κ3) is 3.73. The van der Waals surface area contributed by atoms with Crippen LogP contribution >= 0.6 is 23.2 Å². The Hall–Kier alpha value is -2.30. The summed E-state index contributed by atoms with van der Waals surface area (Å²) in [5, 5.41) is 9.00. The molecule has 0 fully saturated rings. The van der Waals surface area contributed by atoms with Crippen molar-refractivity contribution in [2.45, 2.75) is 0 Å². The van der Waals surface area contributed by atoms with Gasteiger partial charge in [0.25, 0.3) is 0 Å². The van der Waals surface area contributed by atoms with Crippen molar-refractivity contribution in [3.63, 3.8) is 0 Å². The van der Waals surface area contributed by atoms with Gasteiger partial charge in [0.05, 0.1) is 17.7 Å². The Balaban J connectivity index is 1.79. The van der Waals surface area contributed by atoms with Crippen LogP contribution in [0, 0.1) is 0 Å². The van der Waals surface area contributed by atoms with Gasteiger partial charge in [-0.1, -0.05) is 35.3 Å². The van der Waals surface area contributed by atoms with Gasteiger partial charge in [0, 0.05) is 11.1 Å². The summed E-state index contributed by atoms with van der Waals surface area (Å²) < 4.78 is 10.7. The highest BCUT2D eigenvalue weighted by molar-refractivity contribution is 6.36. The van der Waals surface area contributed by atoms with Crippen molar-refractivity contribution in [3.05, 3.63) is 64.0 Å². The van der Waals surface area contributed by atoms with Gasteiger partial charge in [0.1, 0.15) is 5.75 Å². The predicted molar refractivity (Wildman–Crippen MR) is 91.7 cm³/mol. The van der Waals surface area contributed by atoms with Gasteiger partial charge >= 0.3 is 0 Å². The van der Waals surface area contributed by atoms with E-state index in [4.69, 9.17) is 32.4 Å². The van der Waals surface area contributed by atoms with E-state index >= 15 is 0 Å². The second-order valence-corrected chi connectivity index (χ2v) is 5.52. The molecule has 0 N–H and O–H groups in total. The van der Waals surface area contributed by atoms with Gasteiger partial charge in [-0.05, 0) is 42.0 Å². The molecule has 2 aromatic carbocycles. The number of methoxy groups -OCH3 is 1. The van der Waals surface area contributed by atoms with Gasteiger partial charge in [-0.15, -0.1) is 10.2 Å². The molecule has 3 aromatic rings. The Morgan fingerprint density at radius 1 is 1.00 bits per heavy atom. The average Bonchev–Trinajstić information content (AvgIpc) is 3.02. The molecule has 0 spiro atoms. The van der Waals surface area contributed by atoms with E-state index in [-0.39, 0.29) is 0 Å². The summed E-state index contributed by atoms with van der Waals surface area (Å²) in [6.07, 6.45) is 3.61. The number of hydrogen-bond donors (Lipinski definition) is 0. The summed E-state index contributed by atoms with van der Waals surface area (Å²) in [7, 11) is 1.63. The average molecular weight is 347 g/mol. The van der Waals surface area contributed by atoms with E-state index in [2.05, 4.69) is 10.2 Å². The molecule has 0 aliphatic rings. The van der Waals surface area contributed by atoms with Crippen LogP contribution in [0.2, 0.25) is 10.0 Å². The minimum atomic E-state index is 0.348. The number of benzene rings is 2. The molecule has 3 rings (SSSR count). The summed E-state index contributed by atoms with van der Waals surface area (Å²) in [5.41, 5.74) is 1.64. The topological polar surface area (TPSA) is 48.2 Å². The highest BCUT2D eigenvalue weighted by Crippen LogP contribution is 2.29. The molecule has 0 saturated carbocycles. The van der Waals surface area contributed by atoms with Crippen molar-refractivity contribution in [3.8, 4) is 17.2 Å². The van der Waals surface area contributed by atoms with Crippen LogP contribution in [0.1, 0.15) is 11.5 Å². The van der Waals surface area contributed by atoms with Crippen molar-refractivity contribution in [1.82, 2.24) is 10.2 Å². The van der Waals surface area contributed by atoms with Crippen LogP contribution in [-0.4, -0.2) is 17.3 Å². The Morgan fingerprint density at radius 3 is 2.48 bits per heavy atom. The lowest BCUT2D eigenvalue weighted by Crippen LogP contribution is -1.81. The Kier molecular flexibility index (Phi) is 4.65. The number of ether oxygens (including phenoxy) is 1. The second kappa shape index (κ2) is 6.86. The fourth-order valence-electron chi connectivity index (χ4n) is 1.96. The first-order valence-electron chi connectivity index (χ1n) is 6.77. The smallest absolute Gasteiger partial charge is 0.249 e. The van der Waals surface area contributed by atoms with Crippen LogP contribution < -0.4 is 4.74 Å². The van der Waals surface area contributed by atoms with Gasteiger partial charge in [-0.3, -0.25) is 0 Å². The number of aromatic nitrogens is 2. The molecule has 4 nitrogen and oxygen atoms in total. The van der Waals surface area contributed by atoms with E-state index < -0.39 is 0 Å². The highest BCUT2D eigenvalue weighted by atomic mass is 35.5. The number of halogens is 2. The van der Waals surface area contributed by atoms with Gasteiger partial charge in [0.2, 0.25) is 11.8 Å². The van der Waals surface area contributed by atoms with E-state index in [0.29, 0.717) is 27.4 Å². The van der Waals surface area contributed by atoms with Crippen LogP contribution in [0.25, 0.3) is 23.6 Å². The molecule has 0 aliphatic carbocycles. The summed E-state index contributed by atoms with van der Waals surface area (Å²) in [6.45, 7) is 0. The van der Waals surface area contributed by atoms with Gasteiger partial charge in [-0.25, -0.2) is 0 Å². The van der Waals surface area contributed by atoms with Crippen LogP contribution in [0.5, 0.6) is 5.75 Å². The van der Waals surface area contributed by atoms with E-state index in [0.717, 1.165) is 11.3 Å². The van der Waals surface area contributed by atoms with Crippen LogP contribution in [0.4, 0.5) is 0 Å².